The molecule has 9 aromatic rings. The highest BCUT2D eigenvalue weighted by Crippen LogP contribution is 2.53. The molecule has 6 aliphatic rings. The van der Waals surface area contributed by atoms with E-state index in [0.29, 0.717) is 83.5 Å². The monoisotopic (exact) mass is 1310 g/mol. The van der Waals surface area contributed by atoms with Gasteiger partial charge in [0.1, 0.15) is 29.0 Å². The number of nitrogens with one attached hydrogen (secondary N) is 1. The zero-order chi connectivity index (χ0) is 67.4. The summed E-state index contributed by atoms with van der Waals surface area (Å²) in [4.78, 5) is 68.6. The zero-order valence-corrected chi connectivity index (χ0v) is 54.9. The van der Waals surface area contributed by atoms with Gasteiger partial charge in [0.15, 0.2) is 29.0 Å². The Morgan fingerprint density at radius 2 is 0.825 bits per heavy atom. The summed E-state index contributed by atoms with van der Waals surface area (Å²) in [5, 5.41) is 12.7. The SMILES string of the molecule is Cc1ccc(-c2ncccn2)c(C(=O)C2C3CCC2[C@@H](COc2ccc(F)cc2)CC3)c1.Cc1ccc(-c2ncccn2)c(C(=O)C2C3CCC2[C@@H](COc2ccc(F)cn2)CC3)c1.Cc1ccc(-c2ncccn2)c(C(=O)O)c1.Fc1ccc(OC[C@H]2CCC3CCC2N3)cc1. The maximum atomic E-state index is 13.9. The first-order chi connectivity index (χ1) is 47.2. The summed E-state index contributed by atoms with van der Waals surface area (Å²) < 4.78 is 56.7. The van der Waals surface area contributed by atoms with Crippen molar-refractivity contribution in [2.75, 3.05) is 19.8 Å². The molecule has 5 aromatic carbocycles. The highest BCUT2D eigenvalue weighted by atomic mass is 19.1. The molecule has 4 aliphatic carbocycles. The van der Waals surface area contributed by atoms with Crippen molar-refractivity contribution in [2.45, 2.75) is 110 Å². The van der Waals surface area contributed by atoms with Crippen LogP contribution >= 0.6 is 0 Å². The molecule has 2 N–H and O–H groups in total. The maximum absolute atomic E-state index is 13.9. The van der Waals surface area contributed by atoms with Crippen LogP contribution in [0.3, 0.4) is 0 Å². The molecule has 2 aliphatic heterocycles. The molecule has 0 radical (unpaired) electrons. The van der Waals surface area contributed by atoms with Crippen molar-refractivity contribution in [3.8, 4) is 51.5 Å². The number of carboxylic acids is 1. The molecule has 15 rings (SSSR count). The molecule has 11 atom stereocenters. The van der Waals surface area contributed by atoms with Gasteiger partial charge in [0.2, 0.25) is 5.88 Å². The summed E-state index contributed by atoms with van der Waals surface area (Å²) in [6.07, 6.45) is 24.8. The minimum Gasteiger partial charge on any atom is -0.493 e. The minimum absolute atomic E-state index is 0.00910. The van der Waals surface area contributed by atoms with E-state index in [9.17, 15) is 27.6 Å². The van der Waals surface area contributed by atoms with Crippen LogP contribution < -0.4 is 19.5 Å². The largest absolute Gasteiger partial charge is 0.493 e. The summed E-state index contributed by atoms with van der Waals surface area (Å²) in [6, 6.07) is 39.1. The number of carbonyl (C=O) groups is 3. The molecular weight excluding hydrogens is 1230 g/mol. The van der Waals surface area contributed by atoms with Crippen LogP contribution in [0.2, 0.25) is 0 Å². The second kappa shape index (κ2) is 31.5. The fraction of sp³-hybridized carbons (Fsp3) is 0.367. The summed E-state index contributed by atoms with van der Waals surface area (Å²) in [5.41, 5.74) is 6.85. The zero-order valence-electron chi connectivity index (χ0n) is 54.9. The molecule has 0 spiro atoms. The van der Waals surface area contributed by atoms with Crippen LogP contribution in [0, 0.1) is 91.5 Å². The highest BCUT2D eigenvalue weighted by molar-refractivity contribution is 6.04. The molecule has 6 bridgehead atoms. The summed E-state index contributed by atoms with van der Waals surface area (Å²) >= 11 is 0. The van der Waals surface area contributed by atoms with Gasteiger partial charge in [0.05, 0.1) is 31.6 Å². The average Bonchev–Trinajstić information content (AvgIpc) is 1.70. The summed E-state index contributed by atoms with van der Waals surface area (Å²) in [7, 11) is 0. The fourth-order valence-electron chi connectivity index (χ4n) is 15.6. The molecule has 6 heterocycles. The first kappa shape index (κ1) is 67.4. The van der Waals surface area contributed by atoms with Crippen LogP contribution in [0.4, 0.5) is 13.2 Å². The third kappa shape index (κ3) is 16.6. The van der Waals surface area contributed by atoms with E-state index in [2.05, 4.69) is 40.2 Å². The van der Waals surface area contributed by atoms with Gasteiger partial charge in [-0.25, -0.2) is 52.9 Å². The molecule has 18 heteroatoms. The van der Waals surface area contributed by atoms with E-state index in [-0.39, 0.29) is 58.3 Å². The van der Waals surface area contributed by atoms with Crippen LogP contribution in [0.1, 0.15) is 125 Å². The van der Waals surface area contributed by atoms with Crippen LogP contribution in [0.5, 0.6) is 17.4 Å². The Morgan fingerprint density at radius 1 is 0.433 bits per heavy atom. The molecule has 97 heavy (non-hydrogen) atoms. The molecular formula is C79H81F3N8O7. The predicted octanol–water partition coefficient (Wildman–Crippen LogP) is 16.1. The van der Waals surface area contributed by atoms with Gasteiger partial charge in [-0.3, -0.25) is 9.59 Å². The Morgan fingerprint density at radius 3 is 1.27 bits per heavy atom. The van der Waals surface area contributed by atoms with E-state index >= 15 is 0 Å². The number of pyridine rings is 1. The van der Waals surface area contributed by atoms with Gasteiger partial charge in [-0.2, -0.15) is 0 Å². The average molecular weight is 1310 g/mol. The van der Waals surface area contributed by atoms with Gasteiger partial charge in [0, 0.05) is 101 Å². The predicted molar refractivity (Wildman–Crippen MR) is 363 cm³/mol. The van der Waals surface area contributed by atoms with Crippen molar-refractivity contribution < 1.29 is 46.9 Å². The number of benzene rings is 5. The molecule has 0 amide bonds. The van der Waals surface area contributed by atoms with Crippen molar-refractivity contribution in [3.05, 3.63) is 228 Å². The Labute approximate surface area is 564 Å². The number of fused-ring (bicyclic) bond motifs is 6. The first-order valence-electron chi connectivity index (χ1n) is 33.9. The number of nitrogens with zero attached hydrogens (tertiary/aromatic N) is 7. The van der Waals surface area contributed by atoms with Gasteiger partial charge in [0.25, 0.3) is 0 Å². The van der Waals surface area contributed by atoms with Crippen LogP contribution in [-0.2, 0) is 0 Å². The van der Waals surface area contributed by atoms with E-state index in [4.69, 9.17) is 19.3 Å². The number of hydrogen-bond acceptors (Lipinski definition) is 14. The summed E-state index contributed by atoms with van der Waals surface area (Å²) in [6.45, 7) is 7.69. The standard InChI is InChI=1S/C27H27FN2O2.C26H26FN3O2.C14H18FNO.C12H10N2O2/c1-17-3-11-23(27-29-13-2-14-30-27)24(15-17)26(31)25-18-4-5-19(22(25)12-6-18)16-32-21-9-7-20(28)8-10-21;1-16-3-8-21(26-28-11-2-12-29-26)22(13-16)25(31)24-17-4-5-18(20(24)9-6-17)15-32-23-10-7-19(27)14-30-23;15-11-2-6-13(7-3-11)17-9-10-1-4-12-5-8-14(10)16-12;1-8-3-4-9(10(7-8)12(15)16)11-13-5-2-6-14-11/h2-3,7-11,13-15,18-19,22,25H,4-6,12,16H2,1H3;2-3,7-8,10-14,17-18,20,24H,4-6,9,15H2,1H3;2-3,6-7,10,12,14,16H,1,4-5,8-9H2;2-7H,1H3,(H,15,16)/t18?,19-,22?,25?;17?,18-,20?,24?;10-,12?,14?;/m111./s1. The molecule has 4 saturated carbocycles. The van der Waals surface area contributed by atoms with Gasteiger partial charge >= 0.3 is 5.97 Å². The summed E-state index contributed by atoms with van der Waals surface area (Å²) in [5.74, 6) is 4.74. The number of halogens is 3. The molecule has 8 unspecified atom stereocenters. The second-order valence-corrected chi connectivity index (χ2v) is 26.7. The number of Topliss-reactive ketones (excluding diaryl/α,β-unsaturated/α-hetero) is 2. The lowest BCUT2D eigenvalue weighted by Gasteiger charge is -2.36. The number of ether oxygens (including phenoxy) is 3. The Bertz CT molecular complexity index is 3940. The van der Waals surface area contributed by atoms with Crippen LogP contribution in [0.25, 0.3) is 34.2 Å². The number of ketones is 2. The lowest BCUT2D eigenvalue weighted by Crippen LogP contribution is -2.42. The Hall–Kier alpha value is -9.55. The van der Waals surface area contributed by atoms with Gasteiger partial charge in [-0.05, 0) is 224 Å². The number of aromatic carboxylic acids is 1. The topological polar surface area (TPSA) is 201 Å². The third-order valence-electron chi connectivity index (χ3n) is 20.5. The van der Waals surface area contributed by atoms with Crippen molar-refractivity contribution in [2.24, 2.45) is 53.3 Å². The van der Waals surface area contributed by atoms with E-state index < -0.39 is 5.97 Å². The Balaban J connectivity index is 0.000000129. The molecule has 4 aromatic heterocycles. The number of carbonyl (C=O) groups excluding carboxylic acids is 2. The van der Waals surface area contributed by atoms with E-state index in [1.807, 2.05) is 63.2 Å². The normalized spacial score (nSPS) is 23.2. The molecule has 6 fully saturated rings. The number of hydrogen-bond donors (Lipinski definition) is 2. The van der Waals surface area contributed by atoms with Gasteiger partial charge in [-0.15, -0.1) is 0 Å². The van der Waals surface area contributed by atoms with Gasteiger partial charge in [-0.1, -0.05) is 53.1 Å². The van der Waals surface area contributed by atoms with E-state index in [1.54, 1.807) is 97.8 Å². The number of carboxylic acid groups (broad SMARTS) is 1. The smallest absolute Gasteiger partial charge is 0.336 e. The number of rotatable bonds is 17. The van der Waals surface area contributed by atoms with E-state index in [1.165, 1.54) is 62.2 Å². The van der Waals surface area contributed by atoms with Crippen LogP contribution in [-0.4, -0.2) is 89.4 Å². The number of aromatic nitrogens is 7. The van der Waals surface area contributed by atoms with E-state index in [0.717, 1.165) is 109 Å². The van der Waals surface area contributed by atoms with Crippen molar-refractivity contribution in [1.82, 2.24) is 40.2 Å². The quantitative estimate of drug-likeness (QED) is 0.0815. The highest BCUT2D eigenvalue weighted by Gasteiger charge is 2.50. The molecule has 2 saturated heterocycles. The maximum Gasteiger partial charge on any atom is 0.336 e. The minimum atomic E-state index is -0.967. The molecule has 500 valence electrons. The van der Waals surface area contributed by atoms with Crippen LogP contribution in [0.15, 0.2) is 177 Å². The van der Waals surface area contributed by atoms with Crippen molar-refractivity contribution >= 4 is 17.5 Å². The first-order valence-corrected chi connectivity index (χ1v) is 33.9. The van der Waals surface area contributed by atoms with Crippen molar-refractivity contribution in [1.29, 1.82) is 0 Å². The second-order valence-electron chi connectivity index (χ2n) is 26.7. The lowest BCUT2D eigenvalue weighted by atomic mass is 9.69. The number of piperidine rings is 1. The van der Waals surface area contributed by atoms with Crippen molar-refractivity contribution in [3.63, 3.8) is 0 Å². The number of aryl methyl sites for hydroxylation is 3. The van der Waals surface area contributed by atoms with Gasteiger partial charge < -0.3 is 24.6 Å². The third-order valence-corrected chi connectivity index (χ3v) is 20.5. The lowest BCUT2D eigenvalue weighted by molar-refractivity contribution is 0.0648. The Kier molecular flexibility index (Phi) is 21.9. The fourth-order valence-corrected chi connectivity index (χ4v) is 15.6. The molecule has 15 nitrogen and oxygen atoms in total.